The van der Waals surface area contributed by atoms with Crippen LogP contribution in [0.2, 0.25) is 0 Å². The van der Waals surface area contributed by atoms with Gasteiger partial charge >= 0.3 is 0 Å². The van der Waals surface area contributed by atoms with Crippen LogP contribution in [0.4, 0.5) is 0 Å². The second-order valence-electron chi connectivity index (χ2n) is 6.29. The number of hydrogen-bond donors (Lipinski definition) is 1. The molecule has 1 fully saturated rings. The van der Waals surface area contributed by atoms with E-state index in [1.807, 2.05) is 24.3 Å². The fourth-order valence-electron chi connectivity index (χ4n) is 3.30. The van der Waals surface area contributed by atoms with Gasteiger partial charge < -0.3 is 10.2 Å². The normalized spacial score (nSPS) is 21.2. The Morgan fingerprint density at radius 1 is 1.29 bits per heavy atom. The minimum absolute atomic E-state index is 0.624. The van der Waals surface area contributed by atoms with E-state index in [9.17, 15) is 0 Å². The molecule has 0 aliphatic carbocycles. The number of likely N-dealkylation sites (tertiary alicyclic amines) is 1. The molecule has 0 spiro atoms. The van der Waals surface area contributed by atoms with Gasteiger partial charge in [0.15, 0.2) is 5.96 Å². The lowest BCUT2D eigenvalue weighted by Crippen LogP contribution is -2.42. The lowest BCUT2D eigenvalue weighted by Gasteiger charge is -2.25. The van der Waals surface area contributed by atoms with E-state index < -0.39 is 0 Å². The minimum Gasteiger partial charge on any atom is -0.357 e. The van der Waals surface area contributed by atoms with Crippen LogP contribution >= 0.6 is 0 Å². The third-order valence-corrected chi connectivity index (χ3v) is 4.66. The molecule has 1 saturated heterocycles. The molecule has 3 rings (SSSR count). The van der Waals surface area contributed by atoms with E-state index in [2.05, 4.69) is 40.3 Å². The van der Waals surface area contributed by atoms with Crippen LogP contribution in [-0.4, -0.2) is 54.5 Å². The fraction of sp³-hybridized carbons (Fsp3) is 0.474. The average Bonchev–Trinajstić information content (AvgIpc) is 3.30. The van der Waals surface area contributed by atoms with E-state index in [0.29, 0.717) is 18.2 Å². The van der Waals surface area contributed by atoms with Crippen molar-refractivity contribution in [3.8, 4) is 6.07 Å². The smallest absolute Gasteiger partial charge is 0.194 e. The van der Waals surface area contributed by atoms with Crippen molar-refractivity contribution in [2.75, 3.05) is 32.7 Å². The molecule has 0 saturated carbocycles. The molecule has 0 bridgehead atoms. The molecule has 1 N–H and O–H groups in total. The van der Waals surface area contributed by atoms with Crippen LogP contribution < -0.4 is 5.32 Å². The highest BCUT2D eigenvalue weighted by molar-refractivity contribution is 5.80. The second kappa shape index (κ2) is 7.98. The maximum Gasteiger partial charge on any atom is 0.194 e. The highest BCUT2D eigenvalue weighted by atomic mass is 15.3. The van der Waals surface area contributed by atoms with E-state index in [4.69, 9.17) is 10.3 Å². The van der Waals surface area contributed by atoms with Crippen molar-refractivity contribution in [3.63, 3.8) is 0 Å². The van der Waals surface area contributed by atoms with Gasteiger partial charge in [-0.15, -0.1) is 0 Å². The van der Waals surface area contributed by atoms with Crippen molar-refractivity contribution in [3.05, 3.63) is 47.5 Å². The first-order chi connectivity index (χ1) is 11.8. The number of hydrogen-bond acceptors (Lipinski definition) is 3. The summed E-state index contributed by atoms with van der Waals surface area (Å²) in [6.07, 6.45) is 5.71. The van der Waals surface area contributed by atoms with Gasteiger partial charge in [-0.25, -0.2) is 4.99 Å². The van der Waals surface area contributed by atoms with Gasteiger partial charge in [-0.05, 0) is 31.0 Å². The molecule has 2 aliphatic rings. The number of nitrogens with zero attached hydrogens (tertiary/aromatic N) is 4. The summed E-state index contributed by atoms with van der Waals surface area (Å²) in [5.74, 6) is 0.997. The van der Waals surface area contributed by atoms with Crippen molar-refractivity contribution in [1.82, 2.24) is 15.1 Å². The molecule has 1 atom stereocenters. The standard InChI is InChI=1S/C19H25N5/c1-2-21-19(22-14-17-7-5-16(13-20)6-8-17)24-12-9-18(15-24)23-10-3-4-11-23/h3-8,18H,2,9-12,14-15H2,1H3,(H,21,22). The van der Waals surface area contributed by atoms with Gasteiger partial charge in [-0.3, -0.25) is 4.90 Å². The Hall–Kier alpha value is -2.32. The quantitative estimate of drug-likeness (QED) is 0.523. The molecule has 1 aromatic carbocycles. The molecule has 0 radical (unpaired) electrons. The van der Waals surface area contributed by atoms with Crippen LogP contribution in [0.3, 0.4) is 0 Å². The van der Waals surface area contributed by atoms with Crippen LogP contribution in [0.5, 0.6) is 0 Å². The number of rotatable bonds is 4. The van der Waals surface area contributed by atoms with E-state index in [-0.39, 0.29) is 0 Å². The monoisotopic (exact) mass is 323 g/mol. The van der Waals surface area contributed by atoms with Gasteiger partial charge in [0.25, 0.3) is 0 Å². The summed E-state index contributed by atoms with van der Waals surface area (Å²) in [6, 6.07) is 10.4. The maximum atomic E-state index is 8.87. The number of aliphatic imine (C=N–C) groups is 1. The first kappa shape index (κ1) is 16.5. The van der Waals surface area contributed by atoms with Gasteiger partial charge in [0.05, 0.1) is 18.2 Å². The molecule has 5 nitrogen and oxygen atoms in total. The van der Waals surface area contributed by atoms with Crippen LogP contribution in [0, 0.1) is 11.3 Å². The Morgan fingerprint density at radius 3 is 2.71 bits per heavy atom. The fourth-order valence-corrected chi connectivity index (χ4v) is 3.30. The van der Waals surface area contributed by atoms with Crippen LogP contribution in [-0.2, 0) is 6.54 Å². The molecular formula is C19H25N5. The van der Waals surface area contributed by atoms with Gasteiger partial charge in [-0.1, -0.05) is 24.3 Å². The van der Waals surface area contributed by atoms with E-state index in [1.54, 1.807) is 0 Å². The number of nitrogens with one attached hydrogen (secondary N) is 1. The third-order valence-electron chi connectivity index (χ3n) is 4.66. The maximum absolute atomic E-state index is 8.87. The van der Waals surface area contributed by atoms with Crippen LogP contribution in [0.25, 0.3) is 0 Å². The Kier molecular flexibility index (Phi) is 5.50. The van der Waals surface area contributed by atoms with Crippen LogP contribution in [0.15, 0.2) is 41.4 Å². The van der Waals surface area contributed by atoms with E-state index in [0.717, 1.165) is 44.2 Å². The molecule has 1 unspecified atom stereocenters. The average molecular weight is 323 g/mol. The summed E-state index contributed by atoms with van der Waals surface area (Å²) in [6.45, 7) is 7.88. The van der Waals surface area contributed by atoms with Gasteiger partial charge in [-0.2, -0.15) is 5.26 Å². The van der Waals surface area contributed by atoms with Crippen molar-refractivity contribution in [1.29, 1.82) is 5.26 Å². The Balaban J connectivity index is 1.62. The van der Waals surface area contributed by atoms with Gasteiger partial charge in [0, 0.05) is 38.8 Å². The number of guanidine groups is 1. The minimum atomic E-state index is 0.624. The summed E-state index contributed by atoms with van der Waals surface area (Å²) in [5.41, 5.74) is 1.82. The molecule has 0 aromatic heterocycles. The number of benzene rings is 1. The predicted molar refractivity (Wildman–Crippen MR) is 96.7 cm³/mol. The van der Waals surface area contributed by atoms with Gasteiger partial charge in [0.2, 0.25) is 0 Å². The molecule has 2 aliphatic heterocycles. The van der Waals surface area contributed by atoms with Gasteiger partial charge in [0.1, 0.15) is 0 Å². The Bertz CT molecular complexity index is 633. The lowest BCUT2D eigenvalue weighted by atomic mass is 10.1. The topological polar surface area (TPSA) is 54.7 Å². The predicted octanol–water partition coefficient (Wildman–Crippen LogP) is 1.97. The SMILES string of the molecule is CCNC(=NCc1ccc(C#N)cc1)N1CCC(N2CC=CC2)C1. The summed E-state index contributed by atoms with van der Waals surface area (Å²) in [4.78, 5) is 9.70. The summed E-state index contributed by atoms with van der Waals surface area (Å²) in [5, 5.41) is 12.3. The molecule has 1 aromatic rings. The van der Waals surface area contributed by atoms with Crippen molar-refractivity contribution >= 4 is 5.96 Å². The lowest BCUT2D eigenvalue weighted by molar-refractivity contribution is 0.259. The third kappa shape index (κ3) is 3.95. The summed E-state index contributed by atoms with van der Waals surface area (Å²) >= 11 is 0. The molecule has 5 heteroatoms. The highest BCUT2D eigenvalue weighted by Gasteiger charge is 2.29. The molecule has 24 heavy (non-hydrogen) atoms. The Morgan fingerprint density at radius 2 is 2.04 bits per heavy atom. The molecule has 0 amide bonds. The van der Waals surface area contributed by atoms with Crippen molar-refractivity contribution in [2.24, 2.45) is 4.99 Å². The first-order valence-electron chi connectivity index (χ1n) is 8.71. The zero-order valence-electron chi connectivity index (χ0n) is 14.3. The van der Waals surface area contributed by atoms with E-state index in [1.165, 1.54) is 6.42 Å². The molecular weight excluding hydrogens is 298 g/mol. The largest absolute Gasteiger partial charge is 0.357 e. The zero-order chi connectivity index (χ0) is 16.8. The molecule has 126 valence electrons. The zero-order valence-corrected chi connectivity index (χ0v) is 14.3. The summed E-state index contributed by atoms with van der Waals surface area (Å²) < 4.78 is 0. The summed E-state index contributed by atoms with van der Waals surface area (Å²) in [7, 11) is 0. The van der Waals surface area contributed by atoms with Crippen molar-refractivity contribution < 1.29 is 0 Å². The second-order valence-corrected chi connectivity index (χ2v) is 6.29. The molecule has 2 heterocycles. The number of nitriles is 1. The Labute approximate surface area is 144 Å². The van der Waals surface area contributed by atoms with Crippen LogP contribution in [0.1, 0.15) is 24.5 Å². The first-order valence-corrected chi connectivity index (χ1v) is 8.71. The highest BCUT2D eigenvalue weighted by Crippen LogP contribution is 2.18. The van der Waals surface area contributed by atoms with Crippen molar-refractivity contribution in [2.45, 2.75) is 25.9 Å². The van der Waals surface area contributed by atoms with E-state index >= 15 is 0 Å².